The average molecular weight is 417 g/mol. The maximum absolute atomic E-state index is 14.8. The summed E-state index contributed by atoms with van der Waals surface area (Å²) >= 11 is 0. The molecule has 0 unspecified atom stereocenters. The molecule has 31 heavy (non-hydrogen) atoms. The van der Waals surface area contributed by atoms with Crippen molar-refractivity contribution < 1.29 is 18.3 Å². The molecule has 7 heteroatoms. The highest BCUT2D eigenvalue weighted by Crippen LogP contribution is 2.49. The molecular weight excluding hydrogens is 400 g/mol. The van der Waals surface area contributed by atoms with Crippen LogP contribution < -0.4 is 9.64 Å². The molecule has 1 aliphatic rings. The Morgan fingerprint density at radius 1 is 0.871 bits per heavy atom. The molecule has 3 aromatic carbocycles. The van der Waals surface area contributed by atoms with Gasteiger partial charge in [0.25, 0.3) is 0 Å². The summed E-state index contributed by atoms with van der Waals surface area (Å²) in [6.07, 6.45) is 1.60. The fraction of sp³-hybridized carbons (Fsp3) is 0.0833. The third kappa shape index (κ3) is 2.97. The van der Waals surface area contributed by atoms with Gasteiger partial charge in [0.15, 0.2) is 0 Å². The van der Waals surface area contributed by atoms with E-state index < -0.39 is 11.8 Å². The molecule has 0 bridgehead atoms. The Hall–Kier alpha value is -4.00. The topological polar surface area (TPSA) is 47.4 Å². The van der Waals surface area contributed by atoms with Crippen LogP contribution in [-0.2, 0) is 10.7 Å². The standard InChI is InChI=1S/C24H17F2N3O2/c1-31-18-13-11-16(12-14-18)22-21(15-28(27-22)17-7-3-2-4-8-17)29-20-10-6-5-9-19(20)24(25,26)23(29)30/h2-15H,1H3. The van der Waals surface area contributed by atoms with E-state index in [0.717, 1.165) is 10.6 Å². The van der Waals surface area contributed by atoms with Crippen molar-refractivity contribution in [2.45, 2.75) is 5.92 Å². The molecular formula is C24H17F2N3O2. The zero-order valence-corrected chi connectivity index (χ0v) is 16.5. The number of hydrogen-bond acceptors (Lipinski definition) is 3. The van der Waals surface area contributed by atoms with Crippen molar-refractivity contribution in [2.24, 2.45) is 0 Å². The van der Waals surface area contributed by atoms with Gasteiger partial charge >= 0.3 is 11.8 Å². The predicted molar refractivity (Wildman–Crippen MR) is 113 cm³/mol. The zero-order chi connectivity index (χ0) is 21.6. The number of benzene rings is 3. The number of rotatable bonds is 4. The number of aromatic nitrogens is 2. The molecule has 1 aromatic heterocycles. The van der Waals surface area contributed by atoms with Gasteiger partial charge in [-0.1, -0.05) is 36.4 Å². The van der Waals surface area contributed by atoms with E-state index in [1.54, 1.807) is 48.3 Å². The highest BCUT2D eigenvalue weighted by atomic mass is 19.3. The van der Waals surface area contributed by atoms with E-state index in [1.807, 2.05) is 30.3 Å². The van der Waals surface area contributed by atoms with Crippen LogP contribution in [0.1, 0.15) is 5.56 Å². The Bertz CT molecular complexity index is 1270. The van der Waals surface area contributed by atoms with Gasteiger partial charge in [0.05, 0.1) is 35.9 Å². The van der Waals surface area contributed by atoms with Gasteiger partial charge in [0.2, 0.25) is 0 Å². The molecule has 0 saturated carbocycles. The van der Waals surface area contributed by atoms with Gasteiger partial charge in [-0.25, -0.2) is 4.68 Å². The highest BCUT2D eigenvalue weighted by Gasteiger charge is 2.54. The van der Waals surface area contributed by atoms with E-state index in [1.165, 1.54) is 18.2 Å². The summed E-state index contributed by atoms with van der Waals surface area (Å²) in [5.41, 5.74) is 1.95. The number of alkyl halides is 2. The van der Waals surface area contributed by atoms with Gasteiger partial charge in [-0.15, -0.1) is 0 Å². The van der Waals surface area contributed by atoms with E-state index >= 15 is 0 Å². The number of methoxy groups -OCH3 is 1. The third-order valence-corrected chi connectivity index (χ3v) is 5.27. The lowest BCUT2D eigenvalue weighted by Crippen LogP contribution is -2.31. The van der Waals surface area contributed by atoms with Gasteiger partial charge < -0.3 is 4.74 Å². The first-order valence-electron chi connectivity index (χ1n) is 9.62. The van der Waals surface area contributed by atoms with Crippen LogP contribution >= 0.6 is 0 Å². The molecule has 2 heterocycles. The van der Waals surface area contributed by atoms with Crippen molar-refractivity contribution in [1.29, 1.82) is 0 Å². The van der Waals surface area contributed by atoms with Crippen LogP contribution in [0.4, 0.5) is 20.2 Å². The van der Waals surface area contributed by atoms with Crippen LogP contribution in [0.2, 0.25) is 0 Å². The maximum Gasteiger partial charge on any atom is 0.352 e. The number of nitrogens with zero attached hydrogens (tertiary/aromatic N) is 3. The molecule has 0 aliphatic carbocycles. The lowest BCUT2D eigenvalue weighted by atomic mass is 10.1. The Morgan fingerprint density at radius 3 is 2.26 bits per heavy atom. The molecule has 1 aliphatic heterocycles. The molecule has 5 rings (SSSR count). The smallest absolute Gasteiger partial charge is 0.352 e. The molecule has 1 amide bonds. The number of carbonyl (C=O) groups excluding carboxylic acids is 1. The maximum atomic E-state index is 14.8. The number of para-hydroxylation sites is 2. The molecule has 0 saturated heterocycles. The predicted octanol–water partition coefficient (Wildman–Crippen LogP) is 5.32. The molecule has 0 fully saturated rings. The minimum atomic E-state index is -3.61. The average Bonchev–Trinajstić information content (AvgIpc) is 3.32. The van der Waals surface area contributed by atoms with E-state index in [9.17, 15) is 13.6 Å². The van der Waals surface area contributed by atoms with E-state index in [0.29, 0.717) is 17.0 Å². The molecule has 0 radical (unpaired) electrons. The highest BCUT2D eigenvalue weighted by molar-refractivity contribution is 6.12. The Morgan fingerprint density at radius 2 is 1.55 bits per heavy atom. The number of fused-ring (bicyclic) bond motifs is 1. The largest absolute Gasteiger partial charge is 0.497 e. The zero-order valence-electron chi connectivity index (χ0n) is 16.5. The quantitative estimate of drug-likeness (QED) is 0.452. The lowest BCUT2D eigenvalue weighted by Gasteiger charge is -2.17. The molecule has 0 atom stereocenters. The van der Waals surface area contributed by atoms with E-state index in [2.05, 4.69) is 5.10 Å². The Kier molecular flexibility index (Phi) is 4.32. The number of hydrogen-bond donors (Lipinski definition) is 0. The summed E-state index contributed by atoms with van der Waals surface area (Å²) in [6, 6.07) is 22.3. The number of amides is 1. The van der Waals surface area contributed by atoms with Crippen LogP contribution in [0.25, 0.3) is 16.9 Å². The van der Waals surface area contributed by atoms with Crippen LogP contribution in [0.15, 0.2) is 85.1 Å². The van der Waals surface area contributed by atoms with Crippen LogP contribution in [-0.4, -0.2) is 22.8 Å². The third-order valence-electron chi connectivity index (χ3n) is 5.27. The summed E-state index contributed by atoms with van der Waals surface area (Å²) in [5.74, 6) is -4.25. The van der Waals surface area contributed by atoms with Crippen molar-refractivity contribution in [3.05, 3.63) is 90.6 Å². The fourth-order valence-corrected chi connectivity index (χ4v) is 3.73. The molecule has 0 N–H and O–H groups in total. The van der Waals surface area contributed by atoms with E-state index in [4.69, 9.17) is 4.74 Å². The van der Waals surface area contributed by atoms with Crippen molar-refractivity contribution in [1.82, 2.24) is 9.78 Å². The number of anilines is 2. The second kappa shape index (κ2) is 7.05. The fourth-order valence-electron chi connectivity index (χ4n) is 3.73. The summed E-state index contributed by atoms with van der Waals surface area (Å²) in [5, 5.41) is 4.64. The minimum Gasteiger partial charge on any atom is -0.497 e. The molecule has 5 nitrogen and oxygen atoms in total. The van der Waals surface area contributed by atoms with Crippen molar-refractivity contribution in [3.8, 4) is 22.7 Å². The summed E-state index contributed by atoms with van der Waals surface area (Å²) in [4.78, 5) is 13.9. The Balaban J connectivity index is 1.72. The first-order chi connectivity index (χ1) is 15.0. The molecule has 0 spiro atoms. The second-order valence-corrected chi connectivity index (χ2v) is 7.10. The van der Waals surface area contributed by atoms with Gasteiger partial charge in [-0.3, -0.25) is 9.69 Å². The molecule has 154 valence electrons. The van der Waals surface area contributed by atoms with Crippen LogP contribution in [0.5, 0.6) is 5.75 Å². The van der Waals surface area contributed by atoms with Gasteiger partial charge in [-0.05, 0) is 42.5 Å². The first-order valence-corrected chi connectivity index (χ1v) is 9.62. The normalized spacial score (nSPS) is 14.5. The lowest BCUT2D eigenvalue weighted by molar-refractivity contribution is -0.140. The SMILES string of the molecule is COc1ccc(-c2nn(-c3ccccc3)cc2N2C(=O)C(F)(F)c3ccccc32)cc1. The van der Waals surface area contributed by atoms with Gasteiger partial charge in [-0.2, -0.15) is 13.9 Å². The monoisotopic (exact) mass is 417 g/mol. The number of carbonyl (C=O) groups is 1. The summed E-state index contributed by atoms with van der Waals surface area (Å²) < 4.78 is 36.4. The summed E-state index contributed by atoms with van der Waals surface area (Å²) in [7, 11) is 1.56. The molecule has 4 aromatic rings. The van der Waals surface area contributed by atoms with Gasteiger partial charge in [0, 0.05) is 5.56 Å². The van der Waals surface area contributed by atoms with Crippen LogP contribution in [0, 0.1) is 0 Å². The van der Waals surface area contributed by atoms with E-state index in [-0.39, 0.29) is 16.9 Å². The van der Waals surface area contributed by atoms with Crippen molar-refractivity contribution in [2.75, 3.05) is 12.0 Å². The minimum absolute atomic E-state index is 0.153. The number of ether oxygens (including phenoxy) is 1. The van der Waals surface area contributed by atoms with Crippen molar-refractivity contribution in [3.63, 3.8) is 0 Å². The Labute approximate surface area is 177 Å². The second-order valence-electron chi connectivity index (χ2n) is 7.10. The number of halogens is 2. The first kappa shape index (κ1) is 19.0. The van der Waals surface area contributed by atoms with Gasteiger partial charge in [0.1, 0.15) is 11.4 Å². The summed E-state index contributed by atoms with van der Waals surface area (Å²) in [6.45, 7) is 0. The van der Waals surface area contributed by atoms with Crippen LogP contribution in [0.3, 0.4) is 0 Å². The van der Waals surface area contributed by atoms with Crippen molar-refractivity contribution >= 4 is 17.3 Å².